The van der Waals surface area contributed by atoms with Gasteiger partial charge in [-0.25, -0.2) is 0 Å². The fourth-order valence-corrected chi connectivity index (χ4v) is 3.17. The summed E-state index contributed by atoms with van der Waals surface area (Å²) >= 11 is 0. The summed E-state index contributed by atoms with van der Waals surface area (Å²) in [6.07, 6.45) is 0.937. The van der Waals surface area contributed by atoms with Crippen LogP contribution in [0.5, 0.6) is 0 Å². The molecule has 2 aromatic rings. The molecule has 1 fully saturated rings. The van der Waals surface area contributed by atoms with Crippen LogP contribution in [0.4, 0.5) is 0 Å². The summed E-state index contributed by atoms with van der Waals surface area (Å²) in [4.78, 5) is 0. The number of nitrogens with zero attached hydrogens (tertiary/aromatic N) is 1. The van der Waals surface area contributed by atoms with Gasteiger partial charge in [-0.2, -0.15) is 0 Å². The molecule has 2 aromatic carbocycles. The van der Waals surface area contributed by atoms with Crippen molar-refractivity contribution in [3.05, 3.63) is 76.5 Å². The van der Waals surface area contributed by atoms with Crippen molar-refractivity contribution in [2.24, 2.45) is 0 Å². The highest BCUT2D eigenvalue weighted by Gasteiger charge is 2.28. The number of rotatable bonds is 2. The zero-order chi connectivity index (χ0) is 13.9. The van der Waals surface area contributed by atoms with Crippen molar-refractivity contribution < 1.29 is 0 Å². The average molecular weight is 266 g/mol. The van der Waals surface area contributed by atoms with Crippen molar-refractivity contribution in [1.29, 1.82) is 0 Å². The Bertz CT molecular complexity index is 549. The molecule has 0 spiro atoms. The van der Waals surface area contributed by atoms with E-state index in [4.69, 9.17) is 0 Å². The lowest BCUT2D eigenvalue weighted by molar-refractivity contribution is 0.253. The predicted molar refractivity (Wildman–Crippen MR) is 82.7 cm³/mol. The highest BCUT2D eigenvalue weighted by Crippen LogP contribution is 2.39. The maximum Gasteiger partial charge on any atom is 0.00258 e. The summed E-state index contributed by atoms with van der Waals surface area (Å²) in [6, 6.07) is 19.2. The Kier molecular flexibility index (Phi) is 3.86. The van der Waals surface area contributed by atoms with Gasteiger partial charge in [-0.05, 0) is 43.5 Å². The van der Waals surface area contributed by atoms with Gasteiger partial charge in [0.05, 0.1) is 0 Å². The first-order valence-electron chi connectivity index (χ1n) is 7.27. The lowest BCUT2D eigenvalue weighted by Gasteiger charge is -2.42. The van der Waals surface area contributed by atoms with Crippen molar-refractivity contribution in [1.82, 2.24) is 5.06 Å². The third kappa shape index (κ3) is 2.77. The van der Waals surface area contributed by atoms with Crippen LogP contribution in [-0.2, 0) is 0 Å². The first-order valence-corrected chi connectivity index (χ1v) is 7.27. The molecular weight excluding hydrogens is 246 g/mol. The molecule has 3 rings (SSSR count). The summed E-state index contributed by atoms with van der Waals surface area (Å²) in [5.74, 6) is 0.744. The molecule has 2 atom stereocenters. The van der Waals surface area contributed by atoms with Gasteiger partial charge in [0.25, 0.3) is 0 Å². The predicted octanol–water partition coefficient (Wildman–Crippen LogP) is 4.07. The number of benzene rings is 2. The second-order valence-corrected chi connectivity index (χ2v) is 5.71. The van der Waals surface area contributed by atoms with Gasteiger partial charge in [-0.1, -0.05) is 60.2 Å². The number of piperidine rings is 1. The molecule has 2 heteroatoms. The lowest BCUT2D eigenvalue weighted by atomic mass is 9.77. The average Bonchev–Trinajstić information content (AvgIpc) is 2.49. The molecule has 0 amide bonds. The van der Waals surface area contributed by atoms with Gasteiger partial charge in [0.2, 0.25) is 0 Å². The van der Waals surface area contributed by atoms with Gasteiger partial charge < -0.3 is 10.3 Å². The summed E-state index contributed by atoms with van der Waals surface area (Å²) in [7, 11) is 0. The van der Waals surface area contributed by atoms with E-state index < -0.39 is 0 Å². The molecule has 1 aliphatic rings. The zero-order valence-electron chi connectivity index (χ0n) is 11.8. The van der Waals surface area contributed by atoms with E-state index in [1.807, 2.05) is 6.07 Å². The van der Waals surface area contributed by atoms with Crippen LogP contribution in [0.25, 0.3) is 0 Å². The molecule has 1 aliphatic heterocycles. The Labute approximate surface area is 120 Å². The number of aryl methyl sites for hydroxylation is 1. The molecule has 0 aromatic heterocycles. The number of hydroxylamine groups is 2. The molecule has 1 heterocycles. The van der Waals surface area contributed by atoms with Crippen LogP contribution in [0.2, 0.25) is 0 Å². The fourth-order valence-electron chi connectivity index (χ4n) is 3.17. The molecule has 2 unspecified atom stereocenters. The summed E-state index contributed by atoms with van der Waals surface area (Å²) in [5, 5.41) is 13.0. The first kappa shape index (κ1) is 13.3. The van der Waals surface area contributed by atoms with E-state index in [0.29, 0.717) is 24.9 Å². The Morgan fingerprint density at radius 3 is 2.25 bits per heavy atom. The van der Waals surface area contributed by atoms with Crippen LogP contribution >= 0.6 is 0 Å². The standard InChI is InChI=1S/C18H20NO/c1-14-7-9-16(10-8-14)17-11-12-19(20)13-18(17)15-5-3-2-4-6-15/h2-10,17-18H,11-13H2,1H3/q-1. The van der Waals surface area contributed by atoms with E-state index in [9.17, 15) is 5.21 Å². The van der Waals surface area contributed by atoms with Gasteiger partial charge >= 0.3 is 0 Å². The molecular formula is C18H20NO-. The third-order valence-corrected chi connectivity index (χ3v) is 4.31. The molecule has 0 saturated carbocycles. The van der Waals surface area contributed by atoms with E-state index in [-0.39, 0.29) is 0 Å². The summed E-state index contributed by atoms with van der Waals surface area (Å²) in [5.41, 5.74) is 3.92. The number of hydrogen-bond acceptors (Lipinski definition) is 2. The Morgan fingerprint density at radius 1 is 0.900 bits per heavy atom. The molecule has 104 valence electrons. The molecule has 2 nitrogen and oxygen atoms in total. The van der Waals surface area contributed by atoms with Crippen molar-refractivity contribution in [2.45, 2.75) is 25.2 Å². The quantitative estimate of drug-likeness (QED) is 0.819. The Hall–Kier alpha value is -1.64. The van der Waals surface area contributed by atoms with Crippen LogP contribution in [0.15, 0.2) is 54.6 Å². The second kappa shape index (κ2) is 5.78. The molecule has 0 aliphatic carbocycles. The largest absolute Gasteiger partial charge is 0.785 e. The van der Waals surface area contributed by atoms with Crippen molar-refractivity contribution in [2.75, 3.05) is 13.1 Å². The summed E-state index contributed by atoms with van der Waals surface area (Å²) < 4.78 is 0. The topological polar surface area (TPSA) is 26.3 Å². The van der Waals surface area contributed by atoms with Crippen LogP contribution in [0.3, 0.4) is 0 Å². The maximum atomic E-state index is 11.8. The van der Waals surface area contributed by atoms with E-state index >= 15 is 0 Å². The SMILES string of the molecule is Cc1ccc(C2CCN([O-])CC2c2ccccc2)cc1. The van der Waals surface area contributed by atoms with Gasteiger partial charge in [-0.3, -0.25) is 0 Å². The number of hydrogen-bond donors (Lipinski definition) is 0. The van der Waals surface area contributed by atoms with Crippen LogP contribution in [-0.4, -0.2) is 18.2 Å². The van der Waals surface area contributed by atoms with E-state index in [1.54, 1.807) is 0 Å². The molecule has 20 heavy (non-hydrogen) atoms. The summed E-state index contributed by atoms with van der Waals surface area (Å²) in [6.45, 7) is 3.35. The third-order valence-electron chi connectivity index (χ3n) is 4.31. The molecule has 0 bridgehead atoms. The fraction of sp³-hybridized carbons (Fsp3) is 0.333. The van der Waals surface area contributed by atoms with E-state index in [2.05, 4.69) is 55.5 Å². The van der Waals surface area contributed by atoms with E-state index in [1.165, 1.54) is 21.8 Å². The Morgan fingerprint density at radius 2 is 1.55 bits per heavy atom. The second-order valence-electron chi connectivity index (χ2n) is 5.71. The van der Waals surface area contributed by atoms with Crippen molar-refractivity contribution in [3.8, 4) is 0 Å². The molecule has 1 saturated heterocycles. The minimum Gasteiger partial charge on any atom is -0.785 e. The van der Waals surface area contributed by atoms with E-state index in [0.717, 1.165) is 6.42 Å². The van der Waals surface area contributed by atoms with Crippen LogP contribution in [0.1, 0.15) is 34.9 Å². The first-order chi connectivity index (χ1) is 9.74. The van der Waals surface area contributed by atoms with Gasteiger partial charge in [0.15, 0.2) is 0 Å². The Balaban J connectivity index is 1.92. The van der Waals surface area contributed by atoms with Gasteiger partial charge in [0.1, 0.15) is 0 Å². The van der Waals surface area contributed by atoms with Crippen LogP contribution < -0.4 is 0 Å². The van der Waals surface area contributed by atoms with Crippen molar-refractivity contribution in [3.63, 3.8) is 0 Å². The molecule has 0 radical (unpaired) electrons. The minimum absolute atomic E-state index is 0.296. The lowest BCUT2D eigenvalue weighted by Crippen LogP contribution is -2.34. The maximum absolute atomic E-state index is 11.8. The van der Waals surface area contributed by atoms with Crippen LogP contribution in [0, 0.1) is 12.1 Å². The van der Waals surface area contributed by atoms with Crippen molar-refractivity contribution >= 4 is 0 Å². The highest BCUT2D eigenvalue weighted by molar-refractivity contribution is 5.31. The smallest absolute Gasteiger partial charge is 0.00258 e. The molecule has 0 N–H and O–H groups in total. The normalized spacial score (nSPS) is 23.7. The monoisotopic (exact) mass is 266 g/mol. The zero-order valence-corrected chi connectivity index (χ0v) is 11.8. The highest BCUT2D eigenvalue weighted by atomic mass is 16.5. The van der Waals surface area contributed by atoms with Gasteiger partial charge in [-0.15, -0.1) is 0 Å². The minimum atomic E-state index is 0.296. The van der Waals surface area contributed by atoms with Gasteiger partial charge in [0, 0.05) is 5.92 Å².